The Morgan fingerprint density at radius 2 is 1.73 bits per heavy atom. The Morgan fingerprint density at radius 3 is 2.46 bits per heavy atom. The van der Waals surface area contributed by atoms with Gasteiger partial charge in [0.1, 0.15) is 11.6 Å². The smallest absolute Gasteiger partial charge is 0.303 e. The summed E-state index contributed by atoms with van der Waals surface area (Å²) in [5, 5.41) is 12.9. The predicted octanol–water partition coefficient (Wildman–Crippen LogP) is 7.69. The van der Waals surface area contributed by atoms with Crippen molar-refractivity contribution in [2.24, 2.45) is 0 Å². The van der Waals surface area contributed by atoms with Gasteiger partial charge < -0.3 is 15.2 Å². The lowest BCUT2D eigenvalue weighted by Gasteiger charge is -2.40. The van der Waals surface area contributed by atoms with Crippen molar-refractivity contribution in [3.8, 4) is 16.9 Å². The van der Waals surface area contributed by atoms with Crippen LogP contribution in [0, 0.1) is 5.82 Å². The van der Waals surface area contributed by atoms with Gasteiger partial charge in [0, 0.05) is 18.5 Å². The molecular formula is C32H36FNO3. The first kappa shape index (κ1) is 25.5. The van der Waals surface area contributed by atoms with Crippen molar-refractivity contribution in [2.45, 2.75) is 76.3 Å². The highest BCUT2D eigenvalue weighted by Crippen LogP contribution is 2.53. The van der Waals surface area contributed by atoms with E-state index in [9.17, 15) is 9.18 Å². The number of hydrogen-bond donors (Lipinski definition) is 2. The van der Waals surface area contributed by atoms with Gasteiger partial charge in [0.15, 0.2) is 0 Å². The van der Waals surface area contributed by atoms with Crippen molar-refractivity contribution in [3.05, 3.63) is 88.2 Å². The normalized spacial score (nSPS) is 19.8. The van der Waals surface area contributed by atoms with Gasteiger partial charge in [0.25, 0.3) is 0 Å². The molecule has 1 fully saturated rings. The summed E-state index contributed by atoms with van der Waals surface area (Å²) in [5.74, 6) is 0.731. The third kappa shape index (κ3) is 5.42. The molecule has 4 nitrogen and oxygen atoms in total. The Morgan fingerprint density at radius 1 is 1.00 bits per heavy atom. The Hall–Kier alpha value is -3.18. The summed E-state index contributed by atoms with van der Waals surface area (Å²) in [7, 11) is 1.68. The van der Waals surface area contributed by atoms with Gasteiger partial charge in [-0.1, -0.05) is 24.3 Å². The van der Waals surface area contributed by atoms with Gasteiger partial charge in [-0.05, 0) is 127 Å². The standard InChI is InChI=1S/C32H36FNO3/c1-19(24-5-4-6-28(16-24)37-3)34-20(2)25-17-29-22-8-10-23(11-9-22)32(29)30(18-25)26-13-21(7-12-31(35)36)14-27(33)15-26/h4-6,13-20,22-23,34H,7-12H2,1-3H3,(H,35,36)/t19-,20?,22?,23?/m1/s1. The van der Waals surface area contributed by atoms with Crippen LogP contribution < -0.4 is 10.1 Å². The first-order valence-corrected chi connectivity index (χ1v) is 13.4. The van der Waals surface area contributed by atoms with Crippen LogP contribution in [0.3, 0.4) is 0 Å². The number of aliphatic carboxylic acids is 1. The molecule has 1 saturated carbocycles. The van der Waals surface area contributed by atoms with Gasteiger partial charge >= 0.3 is 5.97 Å². The number of carboxylic acid groups (broad SMARTS) is 1. The van der Waals surface area contributed by atoms with Crippen LogP contribution in [0.15, 0.2) is 54.6 Å². The molecule has 3 aliphatic rings. The molecule has 194 valence electrons. The molecule has 0 aliphatic heterocycles. The molecule has 0 spiro atoms. The molecule has 0 radical (unpaired) electrons. The number of hydrogen-bond acceptors (Lipinski definition) is 3. The number of carbonyl (C=O) groups is 1. The molecule has 0 heterocycles. The molecule has 3 aliphatic carbocycles. The Labute approximate surface area is 218 Å². The summed E-state index contributed by atoms with van der Waals surface area (Å²) in [6.45, 7) is 4.35. The van der Waals surface area contributed by atoms with Crippen molar-refractivity contribution in [1.82, 2.24) is 5.32 Å². The zero-order valence-corrected chi connectivity index (χ0v) is 21.9. The van der Waals surface area contributed by atoms with Gasteiger partial charge in [0.2, 0.25) is 0 Å². The highest BCUT2D eigenvalue weighted by atomic mass is 19.1. The average Bonchev–Trinajstić information content (AvgIpc) is 2.91. The van der Waals surface area contributed by atoms with Crippen molar-refractivity contribution in [2.75, 3.05) is 7.11 Å². The van der Waals surface area contributed by atoms with E-state index in [0.717, 1.165) is 28.0 Å². The fourth-order valence-electron chi connectivity index (χ4n) is 6.35. The van der Waals surface area contributed by atoms with Crippen molar-refractivity contribution in [1.29, 1.82) is 0 Å². The van der Waals surface area contributed by atoms with Crippen LogP contribution in [-0.4, -0.2) is 18.2 Å². The molecule has 0 saturated heterocycles. The second-order valence-corrected chi connectivity index (χ2v) is 10.7. The maximum absolute atomic E-state index is 14.8. The summed E-state index contributed by atoms with van der Waals surface area (Å²) >= 11 is 0. The van der Waals surface area contributed by atoms with E-state index in [0.29, 0.717) is 18.3 Å². The molecule has 2 atom stereocenters. The predicted molar refractivity (Wildman–Crippen MR) is 145 cm³/mol. The number of ether oxygens (including phenoxy) is 1. The lowest BCUT2D eigenvalue weighted by molar-refractivity contribution is -0.136. The highest BCUT2D eigenvalue weighted by molar-refractivity contribution is 5.73. The van der Waals surface area contributed by atoms with Gasteiger partial charge in [-0.3, -0.25) is 4.79 Å². The SMILES string of the molecule is COc1cccc([C@@H](C)NC(C)c2cc(-c3cc(F)cc(CCC(=O)O)c3)c3c(c2)C2CCC3CC2)c1. The van der Waals surface area contributed by atoms with Crippen molar-refractivity contribution < 1.29 is 19.0 Å². The summed E-state index contributed by atoms with van der Waals surface area (Å²) < 4.78 is 20.2. The number of rotatable bonds is 9. The minimum atomic E-state index is -0.868. The number of carboxylic acids is 1. The van der Waals surface area contributed by atoms with Gasteiger partial charge in [0.05, 0.1) is 7.11 Å². The van der Waals surface area contributed by atoms with E-state index in [-0.39, 0.29) is 24.3 Å². The summed E-state index contributed by atoms with van der Waals surface area (Å²) in [4.78, 5) is 11.1. The fraction of sp³-hybridized carbons (Fsp3) is 0.406. The van der Waals surface area contributed by atoms with E-state index in [1.165, 1.54) is 48.4 Å². The van der Waals surface area contributed by atoms with E-state index in [4.69, 9.17) is 9.84 Å². The minimum absolute atomic E-state index is 0.00511. The van der Waals surface area contributed by atoms with Crippen LogP contribution in [0.1, 0.15) is 97.7 Å². The second kappa shape index (κ2) is 10.7. The topological polar surface area (TPSA) is 58.6 Å². The molecular weight excluding hydrogens is 465 g/mol. The van der Waals surface area contributed by atoms with Crippen LogP contribution in [0.2, 0.25) is 0 Å². The Bertz CT molecular complexity index is 1300. The van der Waals surface area contributed by atoms with Gasteiger partial charge in [-0.15, -0.1) is 0 Å². The molecule has 0 aromatic heterocycles. The summed E-state index contributed by atoms with van der Waals surface area (Å²) in [5.41, 5.74) is 7.88. The van der Waals surface area contributed by atoms with E-state index in [1.54, 1.807) is 13.2 Å². The van der Waals surface area contributed by atoms with Crippen LogP contribution in [-0.2, 0) is 11.2 Å². The van der Waals surface area contributed by atoms with E-state index in [1.807, 2.05) is 18.2 Å². The molecule has 5 heteroatoms. The average molecular weight is 502 g/mol. The number of fused-ring (bicyclic) bond motifs is 2. The monoisotopic (exact) mass is 501 g/mol. The minimum Gasteiger partial charge on any atom is -0.497 e. The van der Waals surface area contributed by atoms with Crippen molar-refractivity contribution in [3.63, 3.8) is 0 Å². The third-order valence-corrected chi connectivity index (χ3v) is 8.30. The molecule has 3 aromatic rings. The summed E-state index contributed by atoms with van der Waals surface area (Å²) in [6, 6.07) is 18.0. The third-order valence-electron chi connectivity index (χ3n) is 8.30. The van der Waals surface area contributed by atoms with E-state index < -0.39 is 5.97 Å². The van der Waals surface area contributed by atoms with Crippen LogP contribution >= 0.6 is 0 Å². The second-order valence-electron chi connectivity index (χ2n) is 10.7. The van der Waals surface area contributed by atoms with Crippen LogP contribution in [0.5, 0.6) is 5.75 Å². The zero-order valence-electron chi connectivity index (χ0n) is 21.9. The number of halogens is 1. The zero-order chi connectivity index (χ0) is 26.1. The molecule has 2 N–H and O–H groups in total. The number of benzene rings is 3. The Kier molecular flexibility index (Phi) is 7.34. The van der Waals surface area contributed by atoms with Crippen LogP contribution in [0.4, 0.5) is 4.39 Å². The fourth-order valence-corrected chi connectivity index (χ4v) is 6.35. The molecule has 6 rings (SSSR count). The highest BCUT2D eigenvalue weighted by Gasteiger charge is 2.35. The van der Waals surface area contributed by atoms with Crippen LogP contribution in [0.25, 0.3) is 11.1 Å². The lowest BCUT2D eigenvalue weighted by atomic mass is 9.64. The van der Waals surface area contributed by atoms with Crippen molar-refractivity contribution >= 4 is 5.97 Å². The Balaban J connectivity index is 1.52. The molecule has 0 amide bonds. The molecule has 37 heavy (non-hydrogen) atoms. The number of nitrogens with one attached hydrogen (secondary N) is 1. The van der Waals surface area contributed by atoms with E-state index in [2.05, 4.69) is 43.4 Å². The van der Waals surface area contributed by atoms with Gasteiger partial charge in [-0.25, -0.2) is 4.39 Å². The maximum atomic E-state index is 14.8. The quantitative estimate of drug-likeness (QED) is 0.316. The first-order chi connectivity index (χ1) is 17.8. The first-order valence-electron chi connectivity index (χ1n) is 13.4. The maximum Gasteiger partial charge on any atom is 0.303 e. The lowest BCUT2D eigenvalue weighted by Crippen LogP contribution is -2.25. The molecule has 1 unspecified atom stereocenters. The largest absolute Gasteiger partial charge is 0.497 e. The number of aryl methyl sites for hydroxylation is 1. The molecule has 3 aromatic carbocycles. The van der Waals surface area contributed by atoms with E-state index >= 15 is 0 Å². The summed E-state index contributed by atoms with van der Waals surface area (Å²) in [6.07, 6.45) is 5.13. The number of methoxy groups -OCH3 is 1. The van der Waals surface area contributed by atoms with Gasteiger partial charge in [-0.2, -0.15) is 0 Å². The molecule has 2 bridgehead atoms.